The average molecular weight is 220 g/mol. The molecule has 2 aromatic carbocycles. The molecule has 0 amide bonds. The first kappa shape index (κ1) is 13.0. The van der Waals surface area contributed by atoms with Gasteiger partial charge in [0.25, 0.3) is 0 Å². The third-order valence-electron chi connectivity index (χ3n) is 2.14. The van der Waals surface area contributed by atoms with Crippen LogP contribution in [0.25, 0.3) is 12.2 Å². The van der Waals surface area contributed by atoms with Gasteiger partial charge in [-0.05, 0) is 23.3 Å². The second-order valence-corrected chi connectivity index (χ2v) is 3.34. The van der Waals surface area contributed by atoms with Crippen molar-refractivity contribution in [2.75, 3.05) is 0 Å². The fourth-order valence-electron chi connectivity index (χ4n) is 1.39. The summed E-state index contributed by atoms with van der Waals surface area (Å²) >= 11 is 0. The molecule has 0 aliphatic heterocycles. The second-order valence-electron chi connectivity index (χ2n) is 3.34. The van der Waals surface area contributed by atoms with E-state index in [1.54, 1.807) is 12.1 Å². The van der Waals surface area contributed by atoms with Crippen molar-refractivity contribution in [3.63, 3.8) is 0 Å². The molecule has 0 aromatic heterocycles. The molecule has 0 saturated heterocycles. The maximum atomic E-state index is 9.28. The quantitative estimate of drug-likeness (QED) is 0.609. The van der Waals surface area contributed by atoms with Crippen molar-refractivity contribution >= 4 is 41.7 Å². The number of rotatable bonds is 2. The molecule has 0 spiro atoms. The van der Waals surface area contributed by atoms with Crippen molar-refractivity contribution in [3.8, 4) is 5.75 Å². The van der Waals surface area contributed by atoms with Gasteiger partial charge < -0.3 is 5.11 Å². The first-order valence-electron chi connectivity index (χ1n) is 4.87. The van der Waals surface area contributed by atoms with Crippen LogP contribution in [0.3, 0.4) is 0 Å². The summed E-state index contributed by atoms with van der Waals surface area (Å²) in [4.78, 5) is 0. The van der Waals surface area contributed by atoms with Gasteiger partial charge in [0.15, 0.2) is 0 Å². The van der Waals surface area contributed by atoms with Gasteiger partial charge in [-0.2, -0.15) is 0 Å². The van der Waals surface area contributed by atoms with Crippen LogP contribution in [0.5, 0.6) is 5.75 Å². The van der Waals surface area contributed by atoms with E-state index in [-0.39, 0.29) is 29.6 Å². The number of benzene rings is 2. The van der Waals surface area contributed by atoms with E-state index in [2.05, 4.69) is 0 Å². The number of hydrogen-bond donors (Lipinski definition) is 1. The zero-order chi connectivity index (χ0) is 10.5. The Bertz CT molecular complexity index is 463. The fraction of sp³-hybridized carbons (Fsp3) is 0. The first-order chi connectivity index (χ1) is 7.34. The topological polar surface area (TPSA) is 20.2 Å². The van der Waals surface area contributed by atoms with Crippen LogP contribution in [0, 0.1) is 0 Å². The molecule has 0 bridgehead atoms. The number of hydrogen-bond acceptors (Lipinski definition) is 1. The zero-order valence-corrected chi connectivity index (χ0v) is 8.30. The van der Waals surface area contributed by atoms with Gasteiger partial charge in [-0.25, -0.2) is 0 Å². The van der Waals surface area contributed by atoms with Crippen molar-refractivity contribution in [1.29, 1.82) is 0 Å². The molecule has 0 aliphatic carbocycles. The molecule has 0 radical (unpaired) electrons. The van der Waals surface area contributed by atoms with Crippen LogP contribution >= 0.6 is 0 Å². The Morgan fingerprint density at radius 1 is 0.750 bits per heavy atom. The van der Waals surface area contributed by atoms with Gasteiger partial charge in [0.1, 0.15) is 5.75 Å². The van der Waals surface area contributed by atoms with Gasteiger partial charge in [-0.1, -0.05) is 54.6 Å². The summed E-state index contributed by atoms with van der Waals surface area (Å²) in [6.45, 7) is 0. The SMILES string of the molecule is Oc1cccc(C=Cc2ccccc2)c1.[NaH]. The van der Waals surface area contributed by atoms with Crippen LogP contribution in [0.2, 0.25) is 0 Å². The van der Waals surface area contributed by atoms with Crippen LogP contribution in [-0.4, -0.2) is 34.7 Å². The van der Waals surface area contributed by atoms with Crippen LogP contribution in [0.15, 0.2) is 54.6 Å². The summed E-state index contributed by atoms with van der Waals surface area (Å²) in [5.41, 5.74) is 2.15. The molecule has 2 aromatic rings. The van der Waals surface area contributed by atoms with E-state index in [0.717, 1.165) is 11.1 Å². The second kappa shape index (κ2) is 6.54. The van der Waals surface area contributed by atoms with Crippen LogP contribution in [0.4, 0.5) is 0 Å². The molecule has 76 valence electrons. The molecule has 0 aliphatic rings. The Morgan fingerprint density at radius 2 is 1.38 bits per heavy atom. The number of aromatic hydroxyl groups is 1. The Morgan fingerprint density at radius 3 is 2.06 bits per heavy atom. The van der Waals surface area contributed by atoms with Crippen molar-refractivity contribution in [3.05, 3.63) is 65.7 Å². The Labute approximate surface area is 118 Å². The van der Waals surface area contributed by atoms with E-state index in [1.807, 2.05) is 54.6 Å². The molecular weight excluding hydrogens is 207 g/mol. The normalized spacial score (nSPS) is 10.0. The van der Waals surface area contributed by atoms with Crippen LogP contribution in [-0.2, 0) is 0 Å². The third-order valence-corrected chi connectivity index (χ3v) is 2.14. The molecule has 0 atom stereocenters. The number of phenolic OH excluding ortho intramolecular Hbond substituents is 1. The minimum atomic E-state index is 0. The van der Waals surface area contributed by atoms with E-state index in [0.29, 0.717) is 5.75 Å². The monoisotopic (exact) mass is 220 g/mol. The van der Waals surface area contributed by atoms with Gasteiger partial charge in [0.05, 0.1) is 0 Å². The predicted octanol–water partition coefficient (Wildman–Crippen LogP) is 2.91. The summed E-state index contributed by atoms with van der Waals surface area (Å²) in [7, 11) is 0. The molecule has 0 fully saturated rings. The summed E-state index contributed by atoms with van der Waals surface area (Å²) in [6.07, 6.45) is 4.00. The molecule has 2 rings (SSSR count). The van der Waals surface area contributed by atoms with Crippen LogP contribution in [0.1, 0.15) is 11.1 Å². The fourth-order valence-corrected chi connectivity index (χ4v) is 1.39. The van der Waals surface area contributed by atoms with Gasteiger partial charge in [0, 0.05) is 0 Å². The summed E-state index contributed by atoms with van der Waals surface area (Å²) < 4.78 is 0. The Balaban J connectivity index is 0.00000128. The van der Waals surface area contributed by atoms with E-state index in [4.69, 9.17) is 0 Å². The van der Waals surface area contributed by atoms with Gasteiger partial charge in [-0.15, -0.1) is 0 Å². The van der Waals surface area contributed by atoms with Gasteiger partial charge in [0.2, 0.25) is 0 Å². The summed E-state index contributed by atoms with van der Waals surface area (Å²) in [5, 5.41) is 9.28. The van der Waals surface area contributed by atoms with E-state index in [9.17, 15) is 5.11 Å². The Kier molecular flexibility index (Phi) is 5.33. The van der Waals surface area contributed by atoms with E-state index >= 15 is 0 Å². The van der Waals surface area contributed by atoms with Gasteiger partial charge >= 0.3 is 29.6 Å². The molecule has 16 heavy (non-hydrogen) atoms. The van der Waals surface area contributed by atoms with E-state index in [1.165, 1.54) is 0 Å². The summed E-state index contributed by atoms with van der Waals surface area (Å²) in [6, 6.07) is 17.3. The molecule has 0 heterocycles. The summed E-state index contributed by atoms with van der Waals surface area (Å²) in [5.74, 6) is 0.296. The maximum absolute atomic E-state index is 9.28. The van der Waals surface area contributed by atoms with Crippen molar-refractivity contribution in [1.82, 2.24) is 0 Å². The van der Waals surface area contributed by atoms with Crippen LogP contribution < -0.4 is 0 Å². The molecular formula is C14H13NaO. The van der Waals surface area contributed by atoms with Crippen molar-refractivity contribution in [2.24, 2.45) is 0 Å². The third kappa shape index (κ3) is 3.86. The molecule has 0 saturated carbocycles. The number of phenols is 1. The first-order valence-corrected chi connectivity index (χ1v) is 4.87. The zero-order valence-electron chi connectivity index (χ0n) is 8.30. The molecule has 2 heteroatoms. The standard InChI is InChI=1S/C14H12O.Na.H/c15-14-8-4-7-13(11-14)10-9-12-5-2-1-3-6-12;;/h1-11,15H;;. The van der Waals surface area contributed by atoms with Crippen molar-refractivity contribution in [2.45, 2.75) is 0 Å². The Hall–Kier alpha value is -1.02. The van der Waals surface area contributed by atoms with Gasteiger partial charge in [-0.3, -0.25) is 0 Å². The van der Waals surface area contributed by atoms with E-state index < -0.39 is 0 Å². The molecule has 1 nitrogen and oxygen atoms in total. The predicted molar refractivity (Wildman–Crippen MR) is 70.6 cm³/mol. The minimum absolute atomic E-state index is 0. The van der Waals surface area contributed by atoms with Crippen molar-refractivity contribution < 1.29 is 5.11 Å². The average Bonchev–Trinajstić information content (AvgIpc) is 2.28. The molecule has 1 N–H and O–H groups in total. The molecule has 0 unspecified atom stereocenters.